The normalized spacial score (nSPS) is 21.6. The number of alkyl halides is 3. The van der Waals surface area contributed by atoms with Crippen LogP contribution in [0.15, 0.2) is 48.5 Å². The largest absolute Gasteiger partial charge is 0.465 e. The lowest BCUT2D eigenvalue weighted by atomic mass is 9.77. The smallest absolute Gasteiger partial charge is 0.416 e. The molecule has 1 aliphatic heterocycles. The van der Waals surface area contributed by atoms with E-state index >= 15 is 0 Å². The van der Waals surface area contributed by atoms with E-state index in [-0.39, 0.29) is 12.0 Å². The first-order valence-electron chi connectivity index (χ1n) is 10.8. The highest BCUT2D eigenvalue weighted by Crippen LogP contribution is 2.53. The van der Waals surface area contributed by atoms with Gasteiger partial charge in [0.05, 0.1) is 11.6 Å². The molecule has 32 heavy (non-hydrogen) atoms. The fourth-order valence-electron chi connectivity index (χ4n) is 4.60. The highest BCUT2D eigenvalue weighted by molar-refractivity contribution is 5.64. The number of halogens is 3. The summed E-state index contributed by atoms with van der Waals surface area (Å²) in [7, 11) is 3.78. The van der Waals surface area contributed by atoms with Gasteiger partial charge in [-0.25, -0.2) is 4.79 Å². The highest BCUT2D eigenvalue weighted by atomic mass is 19.4. The summed E-state index contributed by atoms with van der Waals surface area (Å²) in [6, 6.07) is 14.5. The van der Waals surface area contributed by atoms with Crippen LogP contribution in [0.3, 0.4) is 0 Å². The van der Waals surface area contributed by atoms with E-state index in [1.54, 1.807) is 6.07 Å². The molecule has 3 N–H and O–H groups in total. The van der Waals surface area contributed by atoms with E-state index in [2.05, 4.69) is 22.8 Å². The molecule has 2 aliphatic rings. The average Bonchev–Trinajstić information content (AvgIpc) is 3.23. The molecule has 1 fully saturated rings. The van der Waals surface area contributed by atoms with Crippen molar-refractivity contribution in [3.05, 3.63) is 65.2 Å². The number of nitrogens with one attached hydrogen (secondary N) is 2. The number of anilines is 1. The third kappa shape index (κ3) is 5.94. The van der Waals surface area contributed by atoms with Crippen molar-refractivity contribution in [1.82, 2.24) is 10.2 Å². The van der Waals surface area contributed by atoms with E-state index in [1.807, 2.05) is 37.2 Å². The van der Waals surface area contributed by atoms with Crippen LogP contribution < -0.4 is 10.6 Å². The van der Waals surface area contributed by atoms with Crippen LogP contribution in [0.4, 0.5) is 23.7 Å². The van der Waals surface area contributed by atoms with E-state index in [1.165, 1.54) is 17.7 Å². The lowest BCUT2D eigenvalue weighted by molar-refractivity contribution is -0.137. The number of rotatable bonds is 4. The summed E-state index contributed by atoms with van der Waals surface area (Å²) in [6.45, 7) is 1.23. The van der Waals surface area contributed by atoms with E-state index in [0.29, 0.717) is 12.5 Å². The fraction of sp³-hybridized carbons (Fsp3) is 0.458. The molecule has 8 heteroatoms. The Bertz CT molecular complexity index is 903. The zero-order valence-electron chi connectivity index (χ0n) is 18.3. The zero-order chi connectivity index (χ0) is 23.3. The first-order valence-corrected chi connectivity index (χ1v) is 10.8. The van der Waals surface area contributed by atoms with Gasteiger partial charge in [0.2, 0.25) is 0 Å². The molecule has 3 atom stereocenters. The van der Waals surface area contributed by atoms with Crippen molar-refractivity contribution in [3.63, 3.8) is 0 Å². The summed E-state index contributed by atoms with van der Waals surface area (Å²) in [5.74, 6) is 0.590. The predicted molar refractivity (Wildman–Crippen MR) is 119 cm³/mol. The summed E-state index contributed by atoms with van der Waals surface area (Å²) in [4.78, 5) is 11.8. The summed E-state index contributed by atoms with van der Waals surface area (Å²) in [5, 5.41) is 13.8. The van der Waals surface area contributed by atoms with Crippen molar-refractivity contribution >= 4 is 11.8 Å². The van der Waals surface area contributed by atoms with Crippen molar-refractivity contribution in [1.29, 1.82) is 0 Å². The molecule has 0 radical (unpaired) electrons. The molecule has 1 amide bonds. The van der Waals surface area contributed by atoms with E-state index < -0.39 is 17.8 Å². The van der Waals surface area contributed by atoms with Gasteiger partial charge in [-0.2, -0.15) is 13.2 Å². The fourth-order valence-corrected chi connectivity index (χ4v) is 4.60. The minimum absolute atomic E-state index is 0.188. The number of benzene rings is 2. The summed E-state index contributed by atoms with van der Waals surface area (Å²) >= 11 is 0. The number of nitrogens with zero attached hydrogens (tertiary/aromatic N) is 1. The molecular weight excluding hydrogens is 419 g/mol. The Labute approximate surface area is 186 Å². The average molecular weight is 450 g/mol. The maximum atomic E-state index is 13.0. The first-order chi connectivity index (χ1) is 15.2. The molecule has 4 rings (SSSR count). The van der Waals surface area contributed by atoms with Crippen LogP contribution in [0.5, 0.6) is 0 Å². The van der Waals surface area contributed by atoms with Gasteiger partial charge >= 0.3 is 12.3 Å². The lowest BCUT2D eigenvalue weighted by Gasteiger charge is -2.38. The van der Waals surface area contributed by atoms with Crippen LogP contribution in [0.1, 0.15) is 47.9 Å². The Morgan fingerprint density at radius 1 is 1.16 bits per heavy atom. The monoisotopic (exact) mass is 449 g/mol. The molecular formula is C24H30F3N3O2. The van der Waals surface area contributed by atoms with Gasteiger partial charge in [0.25, 0.3) is 0 Å². The molecule has 2 unspecified atom stereocenters. The van der Waals surface area contributed by atoms with Crippen LogP contribution in [0, 0.1) is 5.92 Å². The number of carbonyl (C=O) groups is 1. The SMILES string of the molecule is CN(C)CCNC(=O)O.FC(F)(F)c1ccc2c(c1)C1CCCC1[C@H](c1ccccc1)N2. The molecule has 2 aromatic carbocycles. The quantitative estimate of drug-likeness (QED) is 0.571. The topological polar surface area (TPSA) is 64.6 Å². The van der Waals surface area contributed by atoms with Gasteiger partial charge in [-0.15, -0.1) is 0 Å². The molecule has 2 aromatic rings. The number of hydrogen-bond acceptors (Lipinski definition) is 3. The summed E-state index contributed by atoms with van der Waals surface area (Å²) < 4.78 is 39.1. The van der Waals surface area contributed by atoms with E-state index in [9.17, 15) is 18.0 Å². The summed E-state index contributed by atoms with van der Waals surface area (Å²) in [5.41, 5.74) is 2.38. The molecule has 0 bridgehead atoms. The van der Waals surface area contributed by atoms with Crippen LogP contribution in [0.2, 0.25) is 0 Å². The summed E-state index contributed by atoms with van der Waals surface area (Å²) in [6.07, 6.45) is -2.12. The Balaban J connectivity index is 0.000000275. The number of hydrogen-bond donors (Lipinski definition) is 3. The van der Waals surface area contributed by atoms with Gasteiger partial charge in [0.15, 0.2) is 0 Å². The molecule has 0 spiro atoms. The van der Waals surface area contributed by atoms with Crippen molar-refractivity contribution in [2.24, 2.45) is 5.92 Å². The standard InChI is InChI=1S/C19H18F3N.C5H12N2O2/c20-19(21,22)13-9-10-17-16(11-13)14-7-4-8-15(14)18(23-17)12-5-2-1-3-6-12;1-7(2)4-3-6-5(8)9/h1-3,5-6,9-11,14-15,18,23H,4,7-8H2;6H,3-4H2,1-2H3,(H,8,9)/t14?,15?,18-;/m0./s1. The third-order valence-corrected chi connectivity index (χ3v) is 6.08. The number of likely N-dealkylation sites (N-methyl/N-ethyl adjacent to an activating group) is 1. The second-order valence-corrected chi connectivity index (χ2v) is 8.57. The van der Waals surface area contributed by atoms with Crippen LogP contribution in [-0.4, -0.2) is 43.3 Å². The number of carboxylic acid groups (broad SMARTS) is 1. The number of fused-ring (bicyclic) bond motifs is 3. The van der Waals surface area contributed by atoms with Gasteiger partial charge in [-0.3, -0.25) is 0 Å². The van der Waals surface area contributed by atoms with Crippen molar-refractivity contribution in [2.75, 3.05) is 32.5 Å². The maximum Gasteiger partial charge on any atom is 0.416 e. The lowest BCUT2D eigenvalue weighted by Crippen LogP contribution is -2.29. The predicted octanol–water partition coefficient (Wildman–Crippen LogP) is 5.57. The van der Waals surface area contributed by atoms with Gasteiger partial charge in [0.1, 0.15) is 0 Å². The van der Waals surface area contributed by atoms with Crippen LogP contribution in [0.25, 0.3) is 0 Å². The zero-order valence-corrected chi connectivity index (χ0v) is 18.3. The molecule has 5 nitrogen and oxygen atoms in total. The Morgan fingerprint density at radius 2 is 1.88 bits per heavy atom. The Kier molecular flexibility index (Phi) is 7.66. The minimum atomic E-state index is -4.28. The van der Waals surface area contributed by atoms with Gasteiger partial charge < -0.3 is 20.6 Å². The van der Waals surface area contributed by atoms with Gasteiger partial charge in [-0.1, -0.05) is 36.8 Å². The van der Waals surface area contributed by atoms with Crippen molar-refractivity contribution in [2.45, 2.75) is 37.4 Å². The van der Waals surface area contributed by atoms with Gasteiger partial charge in [-0.05, 0) is 68.1 Å². The molecule has 1 heterocycles. The van der Waals surface area contributed by atoms with E-state index in [4.69, 9.17) is 5.11 Å². The third-order valence-electron chi connectivity index (χ3n) is 6.08. The second kappa shape index (κ2) is 10.3. The second-order valence-electron chi connectivity index (χ2n) is 8.57. The molecule has 174 valence electrons. The minimum Gasteiger partial charge on any atom is -0.465 e. The first kappa shape index (κ1) is 23.9. The van der Waals surface area contributed by atoms with Crippen molar-refractivity contribution < 1.29 is 23.1 Å². The van der Waals surface area contributed by atoms with Crippen LogP contribution in [-0.2, 0) is 6.18 Å². The van der Waals surface area contributed by atoms with E-state index in [0.717, 1.165) is 37.1 Å². The number of amides is 1. The Hall–Kier alpha value is -2.74. The highest BCUT2D eigenvalue weighted by Gasteiger charge is 2.41. The van der Waals surface area contributed by atoms with Crippen molar-refractivity contribution in [3.8, 4) is 0 Å². The molecule has 1 saturated carbocycles. The molecule has 1 aliphatic carbocycles. The van der Waals surface area contributed by atoms with Crippen LogP contribution >= 0.6 is 0 Å². The maximum absolute atomic E-state index is 13.0. The molecule has 0 aromatic heterocycles. The Morgan fingerprint density at radius 3 is 2.50 bits per heavy atom. The van der Waals surface area contributed by atoms with Gasteiger partial charge in [0, 0.05) is 18.8 Å². The molecule has 0 saturated heterocycles.